The van der Waals surface area contributed by atoms with Gasteiger partial charge in [-0.05, 0) is 37.6 Å². The van der Waals surface area contributed by atoms with E-state index >= 15 is 0 Å². The first-order valence-electron chi connectivity index (χ1n) is 9.98. The maximum absolute atomic E-state index is 12.8. The molecule has 1 atom stereocenters. The van der Waals surface area contributed by atoms with Gasteiger partial charge in [0.2, 0.25) is 0 Å². The number of thioether (sulfide) groups is 1. The van der Waals surface area contributed by atoms with Gasteiger partial charge in [0.05, 0.1) is 11.7 Å². The Hall–Kier alpha value is -2.86. The van der Waals surface area contributed by atoms with E-state index in [0.717, 1.165) is 27.5 Å². The van der Waals surface area contributed by atoms with Crippen LogP contribution in [-0.4, -0.2) is 38.9 Å². The van der Waals surface area contributed by atoms with Gasteiger partial charge in [-0.25, -0.2) is 9.78 Å². The third-order valence-corrected chi connectivity index (χ3v) is 5.85. The Balaban J connectivity index is 0.000000806. The van der Waals surface area contributed by atoms with Gasteiger partial charge in [-0.2, -0.15) is 0 Å². The van der Waals surface area contributed by atoms with Gasteiger partial charge in [-0.1, -0.05) is 42.5 Å². The minimum atomic E-state index is -0.939. The Bertz CT molecular complexity index is 1070. The minimum absolute atomic E-state index is 0.289. The molecule has 6 heteroatoms. The summed E-state index contributed by atoms with van der Waals surface area (Å²) in [5.41, 5.74) is 1.06. The van der Waals surface area contributed by atoms with Crippen LogP contribution in [0.25, 0.3) is 10.8 Å². The summed E-state index contributed by atoms with van der Waals surface area (Å²) in [6.45, 7) is 9.35. The van der Waals surface area contributed by atoms with Gasteiger partial charge in [0.1, 0.15) is 5.82 Å². The highest BCUT2D eigenvalue weighted by Gasteiger charge is 2.45. The molecule has 0 aliphatic carbocycles. The molecule has 3 aromatic rings. The number of fused-ring (bicyclic) bond motifs is 1. The van der Waals surface area contributed by atoms with Gasteiger partial charge >= 0.3 is 5.97 Å². The molecule has 2 heterocycles. The molecule has 1 aromatic heterocycles. The van der Waals surface area contributed by atoms with Gasteiger partial charge in [0, 0.05) is 29.6 Å². The molecule has 1 aliphatic heterocycles. The van der Waals surface area contributed by atoms with Crippen LogP contribution in [0.2, 0.25) is 0 Å². The number of H-pyrrole nitrogens is 1. The minimum Gasteiger partial charge on any atom is -0.464 e. The Labute approximate surface area is 181 Å². The number of carbonyl (C=O) groups excluding carboxylic acids is 1. The molecule has 156 valence electrons. The van der Waals surface area contributed by atoms with E-state index in [1.807, 2.05) is 32.9 Å². The fourth-order valence-electron chi connectivity index (χ4n) is 3.28. The van der Waals surface area contributed by atoms with Crippen LogP contribution in [0.3, 0.4) is 0 Å². The number of ether oxygens (including phenoxy) is 1. The number of aromatic amines is 1. The molecule has 1 unspecified atom stereocenters. The topological polar surface area (TPSA) is 67.3 Å². The van der Waals surface area contributed by atoms with Crippen LogP contribution in [-0.2, 0) is 16.0 Å². The van der Waals surface area contributed by atoms with Crippen LogP contribution in [0.15, 0.2) is 66.3 Å². The van der Waals surface area contributed by atoms with Gasteiger partial charge < -0.3 is 9.72 Å². The van der Waals surface area contributed by atoms with E-state index in [9.17, 15) is 4.79 Å². The van der Waals surface area contributed by atoms with Crippen molar-refractivity contribution in [1.82, 2.24) is 9.97 Å². The highest BCUT2D eigenvalue weighted by Crippen LogP contribution is 2.35. The van der Waals surface area contributed by atoms with Crippen molar-refractivity contribution in [2.24, 2.45) is 4.99 Å². The molecular weight excluding hydrogens is 394 g/mol. The molecule has 30 heavy (non-hydrogen) atoms. The number of imidazole rings is 1. The number of aliphatic imine (C=N–C) groups is 1. The number of rotatable bonds is 5. The first kappa shape index (κ1) is 21.8. The summed E-state index contributed by atoms with van der Waals surface area (Å²) in [5.74, 6) is 1.01. The van der Waals surface area contributed by atoms with Crippen molar-refractivity contribution in [3.8, 4) is 0 Å². The van der Waals surface area contributed by atoms with Crippen LogP contribution in [0, 0.1) is 6.92 Å². The van der Waals surface area contributed by atoms with E-state index in [2.05, 4.69) is 46.9 Å². The van der Waals surface area contributed by atoms with Crippen molar-refractivity contribution in [3.05, 3.63) is 78.4 Å². The standard InChI is InChI=1S/C21H21N3O2S.C3H6/c1-3-26-20(25)21(11-18-22-12-14(2)23-18)13-27-19(24-21)17-9-8-15-6-4-5-7-16(15)10-17;1-3-2/h4-10,12H,3,11,13H2,1-2H3,(H,22,23);3H,1H2,2H3. The van der Waals surface area contributed by atoms with Crippen molar-refractivity contribution >= 4 is 33.5 Å². The highest BCUT2D eigenvalue weighted by atomic mass is 32.2. The number of carbonyl (C=O) groups is 1. The fraction of sp³-hybridized carbons (Fsp3) is 0.292. The smallest absolute Gasteiger partial charge is 0.335 e. The van der Waals surface area contributed by atoms with Crippen molar-refractivity contribution in [2.75, 3.05) is 12.4 Å². The average molecular weight is 422 g/mol. The Morgan fingerprint density at radius 2 is 2.03 bits per heavy atom. The Morgan fingerprint density at radius 1 is 1.30 bits per heavy atom. The lowest BCUT2D eigenvalue weighted by Crippen LogP contribution is -2.41. The molecule has 0 radical (unpaired) electrons. The molecule has 5 nitrogen and oxygen atoms in total. The Kier molecular flexibility index (Phi) is 7.11. The number of allylic oxidation sites excluding steroid dienone is 1. The SMILES string of the molecule is C=CC.CCOC(=O)C1(Cc2ncc(C)[nH]2)CSC(c2ccc3ccccc3c2)=N1. The molecule has 2 aromatic carbocycles. The van der Waals surface area contributed by atoms with Crippen molar-refractivity contribution in [2.45, 2.75) is 32.7 Å². The van der Waals surface area contributed by atoms with E-state index in [1.54, 1.807) is 24.0 Å². The number of nitrogens with one attached hydrogen (secondary N) is 1. The number of aromatic nitrogens is 2. The van der Waals surface area contributed by atoms with E-state index < -0.39 is 5.54 Å². The molecule has 0 fully saturated rings. The number of esters is 1. The second kappa shape index (κ2) is 9.76. The van der Waals surface area contributed by atoms with Crippen molar-refractivity contribution in [3.63, 3.8) is 0 Å². The van der Waals surface area contributed by atoms with Crippen LogP contribution < -0.4 is 0 Å². The molecule has 0 saturated carbocycles. The van der Waals surface area contributed by atoms with Gasteiger partial charge in [0.25, 0.3) is 0 Å². The summed E-state index contributed by atoms with van der Waals surface area (Å²) in [4.78, 5) is 25.2. The molecule has 1 aliphatic rings. The second-order valence-corrected chi connectivity index (χ2v) is 8.08. The number of hydrogen-bond donors (Lipinski definition) is 1. The van der Waals surface area contributed by atoms with Gasteiger partial charge in [0.15, 0.2) is 5.54 Å². The second-order valence-electron chi connectivity index (χ2n) is 7.12. The maximum Gasteiger partial charge on any atom is 0.335 e. The van der Waals surface area contributed by atoms with Gasteiger partial charge in [-0.15, -0.1) is 18.3 Å². The zero-order valence-electron chi connectivity index (χ0n) is 17.6. The average Bonchev–Trinajstić information content (AvgIpc) is 3.36. The summed E-state index contributed by atoms with van der Waals surface area (Å²) in [5, 5.41) is 3.22. The van der Waals surface area contributed by atoms with Crippen LogP contribution >= 0.6 is 11.8 Å². The number of hydrogen-bond acceptors (Lipinski definition) is 5. The number of nitrogens with zero attached hydrogens (tertiary/aromatic N) is 2. The molecule has 0 saturated heterocycles. The summed E-state index contributed by atoms with van der Waals surface area (Å²) in [7, 11) is 0. The summed E-state index contributed by atoms with van der Waals surface area (Å²) in [6, 6.07) is 14.5. The Morgan fingerprint density at radius 3 is 2.70 bits per heavy atom. The highest BCUT2D eigenvalue weighted by molar-refractivity contribution is 8.14. The maximum atomic E-state index is 12.8. The normalized spacial score (nSPS) is 17.8. The van der Waals surface area contributed by atoms with Crippen molar-refractivity contribution in [1.29, 1.82) is 0 Å². The lowest BCUT2D eigenvalue weighted by Gasteiger charge is -2.21. The van der Waals surface area contributed by atoms with Crippen LogP contribution in [0.4, 0.5) is 0 Å². The lowest BCUT2D eigenvalue weighted by molar-refractivity contribution is -0.148. The predicted molar refractivity (Wildman–Crippen MR) is 125 cm³/mol. The summed E-state index contributed by atoms with van der Waals surface area (Å²) in [6.07, 6.45) is 3.92. The fourth-order valence-corrected chi connectivity index (χ4v) is 4.48. The van der Waals surface area contributed by atoms with E-state index in [-0.39, 0.29) is 5.97 Å². The third-order valence-electron chi connectivity index (χ3n) is 4.63. The largest absolute Gasteiger partial charge is 0.464 e. The number of benzene rings is 2. The summed E-state index contributed by atoms with van der Waals surface area (Å²) >= 11 is 1.60. The number of aryl methyl sites for hydroxylation is 1. The lowest BCUT2D eigenvalue weighted by atomic mass is 9.98. The van der Waals surface area contributed by atoms with Crippen LogP contribution in [0.5, 0.6) is 0 Å². The zero-order chi connectivity index (χ0) is 21.6. The zero-order valence-corrected chi connectivity index (χ0v) is 18.5. The van der Waals surface area contributed by atoms with Crippen molar-refractivity contribution < 1.29 is 9.53 Å². The molecule has 0 bridgehead atoms. The molecular formula is C24H27N3O2S. The first-order valence-corrected chi connectivity index (χ1v) is 11.0. The third kappa shape index (κ3) is 4.82. The monoisotopic (exact) mass is 421 g/mol. The first-order chi connectivity index (χ1) is 14.5. The predicted octanol–water partition coefficient (Wildman–Crippen LogP) is 5.10. The quantitative estimate of drug-likeness (QED) is 0.460. The van der Waals surface area contributed by atoms with E-state index in [4.69, 9.17) is 9.73 Å². The molecule has 0 spiro atoms. The molecule has 4 rings (SSSR count). The van der Waals surface area contributed by atoms with E-state index in [0.29, 0.717) is 18.8 Å². The van der Waals surface area contributed by atoms with Crippen LogP contribution in [0.1, 0.15) is 30.9 Å². The summed E-state index contributed by atoms with van der Waals surface area (Å²) < 4.78 is 5.36. The molecule has 0 amide bonds. The molecule has 1 N–H and O–H groups in total. The van der Waals surface area contributed by atoms with E-state index in [1.165, 1.54) is 5.39 Å². The van der Waals surface area contributed by atoms with Gasteiger partial charge in [-0.3, -0.25) is 4.99 Å².